The number of ether oxygens (including phenoxy) is 1. The molecule has 3 fully saturated rings. The average Bonchev–Trinajstić information content (AvgIpc) is 3.87. The molecule has 4 unspecified atom stereocenters. The molecule has 2 heterocycles. The number of carboxylic acid groups (broad SMARTS) is 1. The molecule has 45 heavy (non-hydrogen) atoms. The van der Waals surface area contributed by atoms with Crippen LogP contribution in [0, 0.1) is 5.41 Å². The summed E-state index contributed by atoms with van der Waals surface area (Å²) in [5.41, 5.74) is 0.525. The van der Waals surface area contributed by atoms with Gasteiger partial charge in [0.05, 0.1) is 36.3 Å². The number of sulfonamides is 1. The number of carbonyl (C=O) groups excluding carboxylic acids is 1. The normalized spacial score (nSPS) is 25.4. The van der Waals surface area contributed by atoms with E-state index in [0.717, 1.165) is 11.1 Å². The molecule has 1 aliphatic carbocycles. The van der Waals surface area contributed by atoms with Gasteiger partial charge in [0.15, 0.2) is 0 Å². The number of likely N-dealkylation sites (N-methyl/N-ethyl adjacent to an activating group) is 1. The van der Waals surface area contributed by atoms with Crippen LogP contribution in [-0.4, -0.2) is 97.2 Å². The van der Waals surface area contributed by atoms with Crippen molar-refractivity contribution in [2.75, 3.05) is 46.4 Å². The summed E-state index contributed by atoms with van der Waals surface area (Å²) in [6, 6.07) is 13.9. The molecule has 4 atom stereocenters. The molecule has 0 bridgehead atoms. The van der Waals surface area contributed by atoms with Crippen LogP contribution in [0.1, 0.15) is 68.5 Å². The van der Waals surface area contributed by atoms with E-state index in [1.54, 1.807) is 25.2 Å². The van der Waals surface area contributed by atoms with Crippen molar-refractivity contribution in [2.45, 2.75) is 68.7 Å². The number of nitrogens with zero attached hydrogens (tertiary/aromatic N) is 3. The third-order valence-electron chi connectivity index (χ3n) is 9.68. The lowest BCUT2D eigenvalue weighted by molar-refractivity contribution is -0.163. The van der Waals surface area contributed by atoms with Gasteiger partial charge >= 0.3 is 5.97 Å². The second-order valence-corrected chi connectivity index (χ2v) is 15.9. The molecule has 1 saturated carbocycles. The molecule has 0 spiro atoms. The molecule has 246 valence electrons. The molecule has 0 aromatic heterocycles. The van der Waals surface area contributed by atoms with Crippen LogP contribution in [0.25, 0.3) is 0 Å². The summed E-state index contributed by atoms with van der Waals surface area (Å²) >= 11 is 12.8. The van der Waals surface area contributed by atoms with Crippen LogP contribution in [-0.2, 0) is 24.3 Å². The number of morpholine rings is 1. The van der Waals surface area contributed by atoms with Crippen LogP contribution in [0.2, 0.25) is 10.0 Å². The highest BCUT2D eigenvalue weighted by atomic mass is 35.5. The van der Waals surface area contributed by atoms with Crippen molar-refractivity contribution in [3.8, 4) is 0 Å². The lowest BCUT2D eigenvalue weighted by atomic mass is 9.64. The molecular weight excluding hydrogens is 637 g/mol. The molecule has 2 aromatic carbocycles. The number of amides is 1. The fraction of sp³-hybridized carbons (Fsp3) is 0.576. The maximum Gasteiger partial charge on any atom is 0.304 e. The lowest BCUT2D eigenvalue weighted by Crippen LogP contribution is -2.59. The summed E-state index contributed by atoms with van der Waals surface area (Å²) in [5.74, 6) is -1.60. The Balaban J connectivity index is 1.64. The Labute approximate surface area is 276 Å². The third-order valence-corrected chi connectivity index (χ3v) is 12.5. The van der Waals surface area contributed by atoms with Crippen LogP contribution in [0.5, 0.6) is 0 Å². The molecule has 2 saturated heterocycles. The van der Waals surface area contributed by atoms with Crippen molar-refractivity contribution >= 4 is 45.1 Å². The molecular formula is C33H43Cl2N3O6S. The molecule has 1 amide bonds. The van der Waals surface area contributed by atoms with Crippen molar-refractivity contribution in [1.29, 1.82) is 0 Å². The van der Waals surface area contributed by atoms with Gasteiger partial charge in [-0.1, -0.05) is 54.4 Å². The van der Waals surface area contributed by atoms with Crippen LogP contribution in [0.3, 0.4) is 0 Å². The van der Waals surface area contributed by atoms with Crippen molar-refractivity contribution in [3.05, 3.63) is 69.7 Å². The van der Waals surface area contributed by atoms with Gasteiger partial charge < -0.3 is 14.7 Å². The molecule has 12 heteroatoms. The van der Waals surface area contributed by atoms with E-state index in [9.17, 15) is 18.3 Å². The Kier molecular flexibility index (Phi) is 10.8. The SMILES string of the molecule is CCC(CN(C)S(=O)(=O)C1CC1)N1C(=O)C(CCN2CCOCC2)(CC(=O)O)CC(c2cccc(Cl)c2)C1c1ccc(Cl)cc1. The number of likely N-dealkylation sites (tertiary alicyclic amines) is 1. The Morgan fingerprint density at radius 1 is 1.09 bits per heavy atom. The molecule has 1 N–H and O–H groups in total. The van der Waals surface area contributed by atoms with Gasteiger partial charge in [0.25, 0.3) is 0 Å². The highest BCUT2D eigenvalue weighted by molar-refractivity contribution is 7.90. The topological polar surface area (TPSA) is 107 Å². The van der Waals surface area contributed by atoms with Gasteiger partial charge in [0.1, 0.15) is 0 Å². The maximum atomic E-state index is 15.1. The highest BCUT2D eigenvalue weighted by Gasteiger charge is 2.55. The van der Waals surface area contributed by atoms with Crippen molar-refractivity contribution in [2.24, 2.45) is 5.41 Å². The number of carbonyl (C=O) groups is 2. The van der Waals surface area contributed by atoms with Crippen molar-refractivity contribution in [3.63, 3.8) is 0 Å². The summed E-state index contributed by atoms with van der Waals surface area (Å²) in [4.78, 5) is 31.7. The monoisotopic (exact) mass is 679 g/mol. The molecule has 2 aliphatic heterocycles. The minimum Gasteiger partial charge on any atom is -0.481 e. The van der Waals surface area contributed by atoms with Gasteiger partial charge in [-0.25, -0.2) is 12.7 Å². The van der Waals surface area contributed by atoms with E-state index >= 15 is 4.79 Å². The van der Waals surface area contributed by atoms with Gasteiger partial charge in [0.2, 0.25) is 15.9 Å². The number of rotatable bonds is 13. The minimum absolute atomic E-state index is 0.111. The first-order valence-corrected chi connectivity index (χ1v) is 18.0. The fourth-order valence-corrected chi connectivity index (χ4v) is 9.01. The lowest BCUT2D eigenvalue weighted by Gasteiger charge is -2.53. The average molecular weight is 681 g/mol. The molecule has 3 aliphatic rings. The number of hydrogen-bond donors (Lipinski definition) is 1. The second-order valence-electron chi connectivity index (χ2n) is 12.7. The van der Waals surface area contributed by atoms with Crippen LogP contribution in [0.15, 0.2) is 48.5 Å². The molecule has 0 radical (unpaired) electrons. The largest absolute Gasteiger partial charge is 0.481 e. The number of benzene rings is 2. The number of carboxylic acids is 1. The van der Waals surface area contributed by atoms with E-state index in [1.807, 2.05) is 42.2 Å². The zero-order valence-electron chi connectivity index (χ0n) is 25.9. The number of halogens is 2. The van der Waals surface area contributed by atoms with Gasteiger partial charge in [-0.15, -0.1) is 0 Å². The highest BCUT2D eigenvalue weighted by Crippen LogP contribution is 2.54. The zero-order valence-corrected chi connectivity index (χ0v) is 28.2. The van der Waals surface area contributed by atoms with E-state index in [4.69, 9.17) is 27.9 Å². The summed E-state index contributed by atoms with van der Waals surface area (Å²) in [5, 5.41) is 11.0. The van der Waals surface area contributed by atoms with Crippen LogP contribution < -0.4 is 0 Å². The van der Waals surface area contributed by atoms with Crippen LogP contribution >= 0.6 is 23.2 Å². The Bertz CT molecular complexity index is 1470. The smallest absolute Gasteiger partial charge is 0.304 e. The van der Waals surface area contributed by atoms with Gasteiger partial charge in [-0.05, 0) is 74.0 Å². The van der Waals surface area contributed by atoms with E-state index in [0.29, 0.717) is 75.0 Å². The van der Waals surface area contributed by atoms with E-state index in [-0.39, 0.29) is 30.0 Å². The Morgan fingerprint density at radius 3 is 2.38 bits per heavy atom. The van der Waals surface area contributed by atoms with E-state index in [2.05, 4.69) is 4.90 Å². The number of aliphatic carboxylic acids is 1. The first-order valence-electron chi connectivity index (χ1n) is 15.8. The Morgan fingerprint density at radius 2 is 1.78 bits per heavy atom. The maximum absolute atomic E-state index is 15.1. The summed E-state index contributed by atoms with van der Waals surface area (Å²) in [7, 11) is -1.93. The number of piperidine rings is 1. The Hall–Kier alpha value is -2.21. The minimum atomic E-state index is -3.51. The second kappa shape index (κ2) is 14.3. The first-order chi connectivity index (χ1) is 21.4. The summed E-state index contributed by atoms with van der Waals surface area (Å²) in [6.45, 7) is 5.23. The van der Waals surface area contributed by atoms with Crippen molar-refractivity contribution < 1.29 is 27.9 Å². The van der Waals surface area contributed by atoms with E-state index in [1.165, 1.54) is 4.31 Å². The predicted octanol–water partition coefficient (Wildman–Crippen LogP) is 5.44. The van der Waals surface area contributed by atoms with Gasteiger partial charge in [-0.2, -0.15) is 0 Å². The summed E-state index contributed by atoms with van der Waals surface area (Å²) < 4.78 is 33.5. The molecule has 2 aromatic rings. The summed E-state index contributed by atoms with van der Waals surface area (Å²) in [6.07, 6.45) is 2.09. The molecule has 5 rings (SSSR count). The number of hydrogen-bond acceptors (Lipinski definition) is 6. The quantitative estimate of drug-likeness (QED) is 0.301. The zero-order chi connectivity index (χ0) is 32.4. The van der Waals surface area contributed by atoms with Crippen LogP contribution in [0.4, 0.5) is 0 Å². The van der Waals surface area contributed by atoms with Gasteiger partial charge in [-0.3, -0.25) is 14.5 Å². The third kappa shape index (κ3) is 7.68. The molecule has 9 nitrogen and oxygen atoms in total. The van der Waals surface area contributed by atoms with E-state index < -0.39 is 33.5 Å². The van der Waals surface area contributed by atoms with Crippen molar-refractivity contribution in [1.82, 2.24) is 14.1 Å². The van der Waals surface area contributed by atoms with Gasteiger partial charge in [0, 0.05) is 48.7 Å². The standard InChI is InChI=1S/C33H43Cl2N3O6S/c1-3-27(22-36(2)45(42,43)28-11-12-28)38-31(23-7-9-25(34)10-8-23)29(24-5-4-6-26(35)19-24)20-33(32(38)41,21-30(39)40)13-14-37-15-17-44-18-16-37/h4-10,19,27-29,31H,3,11-18,20-22H2,1-2H3,(H,39,40). The fourth-order valence-electron chi connectivity index (χ4n) is 7.06. The first kappa shape index (κ1) is 34.1. The predicted molar refractivity (Wildman–Crippen MR) is 175 cm³/mol.